The van der Waals surface area contributed by atoms with Crippen LogP contribution in [-0.2, 0) is 11.7 Å². The summed E-state index contributed by atoms with van der Waals surface area (Å²) in [5.74, 6) is -1.14. The molecule has 1 atom stereocenters. The number of rotatable bonds is 10. The number of halogens is 4. The number of benzene rings is 2. The monoisotopic (exact) mass is 605 g/mol. The lowest BCUT2D eigenvalue weighted by molar-refractivity contribution is -0.141. The van der Waals surface area contributed by atoms with E-state index in [-0.39, 0.29) is 17.2 Å². The smallest absolute Gasteiger partial charge is 0.383 e. The largest absolute Gasteiger partial charge is 0.435 e. The van der Waals surface area contributed by atoms with E-state index >= 15 is 4.39 Å². The van der Waals surface area contributed by atoms with Gasteiger partial charge in [-0.2, -0.15) is 18.3 Å². The summed E-state index contributed by atoms with van der Waals surface area (Å²) in [6.07, 6.45) is 3.29. The first-order valence-corrected chi connectivity index (χ1v) is 13.9. The average Bonchev–Trinajstić information content (AvgIpc) is 3.72. The Morgan fingerprint density at radius 3 is 2.50 bits per heavy atom. The maximum absolute atomic E-state index is 15.1. The number of amides is 1. The Hall–Kier alpha value is -4.84. The Balaban J connectivity index is 1.54. The first-order valence-electron chi connectivity index (χ1n) is 13.9. The lowest BCUT2D eigenvalue weighted by atomic mass is 9.79. The van der Waals surface area contributed by atoms with E-state index in [1.54, 1.807) is 43.6 Å². The van der Waals surface area contributed by atoms with Gasteiger partial charge in [0.25, 0.3) is 5.91 Å². The molecule has 5 rings (SSSR count). The highest BCUT2D eigenvalue weighted by Crippen LogP contribution is 2.40. The predicted octanol–water partition coefficient (Wildman–Crippen LogP) is 6.23. The molecule has 0 spiro atoms. The van der Waals surface area contributed by atoms with Crippen molar-refractivity contribution in [2.45, 2.75) is 44.3 Å². The summed E-state index contributed by atoms with van der Waals surface area (Å²) in [5, 5.41) is 6.11. The highest BCUT2D eigenvalue weighted by molar-refractivity contribution is 6.04. The number of hydrogen-bond donors (Lipinski definition) is 3. The molecule has 1 aliphatic rings. The van der Waals surface area contributed by atoms with Crippen LogP contribution in [0.3, 0.4) is 0 Å². The van der Waals surface area contributed by atoms with Gasteiger partial charge in [-0.15, -0.1) is 0 Å². The summed E-state index contributed by atoms with van der Waals surface area (Å²) in [5.41, 5.74) is 12.5. The van der Waals surface area contributed by atoms with Crippen LogP contribution in [0, 0.1) is 18.7 Å². The maximum atomic E-state index is 15.1. The Morgan fingerprint density at radius 2 is 1.84 bits per heavy atom. The standard InChI is InChI=1S/C32H31F4N7O/c1-3-40-29(37)24-17-23(8-4-19(24)2)43-27(18-28(42-43)32(34,35)36)30(44)41-26-16-22(7-9-25(26)33)31(38,13-10-20-5-6-20)21-11-14-39-15-12-21/h3-4,7-9,11-12,14-18,20H,1,5-6,10,13,38H2,2H3,(H2,37,40)(H,41,44). The van der Waals surface area contributed by atoms with E-state index in [2.05, 4.69) is 27.0 Å². The van der Waals surface area contributed by atoms with E-state index in [9.17, 15) is 18.0 Å². The zero-order chi connectivity index (χ0) is 31.6. The molecule has 1 saturated carbocycles. The van der Waals surface area contributed by atoms with Crippen LogP contribution in [0.1, 0.15) is 64.1 Å². The Kier molecular flexibility index (Phi) is 8.38. The van der Waals surface area contributed by atoms with Gasteiger partial charge in [-0.3, -0.25) is 9.78 Å². The van der Waals surface area contributed by atoms with Crippen LogP contribution in [0.25, 0.3) is 5.69 Å². The molecule has 0 bridgehead atoms. The highest BCUT2D eigenvalue weighted by atomic mass is 19.4. The molecule has 8 nitrogen and oxygen atoms in total. The van der Waals surface area contributed by atoms with Crippen LogP contribution in [0.2, 0.25) is 0 Å². The van der Waals surface area contributed by atoms with Crippen LogP contribution in [-0.4, -0.2) is 26.5 Å². The van der Waals surface area contributed by atoms with Crippen LogP contribution in [0.5, 0.6) is 0 Å². The Morgan fingerprint density at radius 1 is 1.11 bits per heavy atom. The van der Waals surface area contributed by atoms with Crippen molar-refractivity contribution in [2.75, 3.05) is 5.32 Å². The third-order valence-corrected chi connectivity index (χ3v) is 7.77. The zero-order valence-electron chi connectivity index (χ0n) is 23.9. The minimum atomic E-state index is -4.85. The van der Waals surface area contributed by atoms with Crippen molar-refractivity contribution in [1.82, 2.24) is 14.8 Å². The molecule has 1 fully saturated rings. The first-order chi connectivity index (χ1) is 20.9. The van der Waals surface area contributed by atoms with Gasteiger partial charge in [-0.05, 0) is 78.8 Å². The third kappa shape index (κ3) is 6.40. The topological polar surface area (TPSA) is 124 Å². The SMILES string of the molecule is C=CN=C(N)c1cc(-n2nc(C(F)(F)F)cc2C(=O)Nc2cc(C(N)(CCC3CC3)c3ccncc3)ccc2F)ccc1C. The maximum Gasteiger partial charge on any atom is 0.435 e. The molecule has 5 N–H and O–H groups in total. The summed E-state index contributed by atoms with van der Waals surface area (Å²) in [7, 11) is 0. The molecule has 1 amide bonds. The fourth-order valence-electron chi connectivity index (χ4n) is 5.09. The second-order valence-electron chi connectivity index (χ2n) is 10.9. The Labute approximate surface area is 251 Å². The number of hydrogen-bond acceptors (Lipinski definition) is 5. The van der Waals surface area contributed by atoms with Crippen LogP contribution in [0.4, 0.5) is 23.2 Å². The highest BCUT2D eigenvalue weighted by Gasteiger charge is 2.37. The fraction of sp³-hybridized carbons (Fsp3) is 0.250. The summed E-state index contributed by atoms with van der Waals surface area (Å²) >= 11 is 0. The van der Waals surface area contributed by atoms with Crippen LogP contribution >= 0.6 is 0 Å². The normalized spacial score (nSPS) is 15.1. The number of aryl methyl sites for hydroxylation is 1. The van der Waals surface area contributed by atoms with Gasteiger partial charge in [0.15, 0.2) is 5.69 Å². The molecule has 2 aromatic carbocycles. The van der Waals surface area contributed by atoms with E-state index in [0.29, 0.717) is 35.1 Å². The lowest BCUT2D eigenvalue weighted by Crippen LogP contribution is -2.38. The summed E-state index contributed by atoms with van der Waals surface area (Å²) in [4.78, 5) is 21.6. The molecule has 1 unspecified atom stereocenters. The van der Waals surface area contributed by atoms with Crippen LogP contribution in [0.15, 0.2) is 84.8 Å². The van der Waals surface area contributed by atoms with E-state index in [1.165, 1.54) is 30.5 Å². The van der Waals surface area contributed by atoms with Gasteiger partial charge in [0.05, 0.1) is 16.9 Å². The predicted molar refractivity (Wildman–Crippen MR) is 160 cm³/mol. The van der Waals surface area contributed by atoms with Gasteiger partial charge in [0.1, 0.15) is 17.3 Å². The van der Waals surface area contributed by atoms with Gasteiger partial charge in [-0.25, -0.2) is 14.1 Å². The minimum absolute atomic E-state index is 0.0774. The van der Waals surface area contributed by atoms with Gasteiger partial charge in [0, 0.05) is 30.2 Å². The van der Waals surface area contributed by atoms with Gasteiger partial charge in [0.2, 0.25) is 0 Å². The number of alkyl halides is 3. The number of nitrogens with zero attached hydrogens (tertiary/aromatic N) is 4. The summed E-state index contributed by atoms with van der Waals surface area (Å²) < 4.78 is 57.3. The second-order valence-corrected chi connectivity index (χ2v) is 10.9. The van der Waals surface area contributed by atoms with Crippen molar-refractivity contribution >= 4 is 17.4 Å². The fourth-order valence-corrected chi connectivity index (χ4v) is 5.09. The average molecular weight is 606 g/mol. The summed E-state index contributed by atoms with van der Waals surface area (Å²) in [6, 6.07) is 12.9. The van der Waals surface area contributed by atoms with Crippen molar-refractivity contribution in [1.29, 1.82) is 0 Å². The van der Waals surface area contributed by atoms with Gasteiger partial charge >= 0.3 is 6.18 Å². The van der Waals surface area contributed by atoms with E-state index in [0.717, 1.165) is 29.5 Å². The molecule has 0 aliphatic heterocycles. The first kappa shape index (κ1) is 30.6. The minimum Gasteiger partial charge on any atom is -0.383 e. The van der Waals surface area contributed by atoms with E-state index in [4.69, 9.17) is 11.5 Å². The molecular formula is C32H31F4N7O. The molecule has 4 aromatic rings. The second kappa shape index (κ2) is 12.0. The number of aliphatic imine (C=N–C) groups is 1. The van der Waals surface area contributed by atoms with Crippen molar-refractivity contribution < 1.29 is 22.4 Å². The number of pyridine rings is 1. The lowest BCUT2D eigenvalue weighted by Gasteiger charge is -2.31. The van der Waals surface area contributed by atoms with Gasteiger partial charge in [-0.1, -0.05) is 31.6 Å². The number of aromatic nitrogens is 3. The zero-order valence-corrected chi connectivity index (χ0v) is 23.9. The molecule has 228 valence electrons. The molecule has 0 radical (unpaired) electrons. The summed E-state index contributed by atoms with van der Waals surface area (Å²) in [6.45, 7) is 5.25. The van der Waals surface area contributed by atoms with Crippen molar-refractivity contribution in [2.24, 2.45) is 22.4 Å². The quantitative estimate of drug-likeness (QED) is 0.112. The molecular weight excluding hydrogens is 574 g/mol. The van der Waals surface area contributed by atoms with E-state index in [1.807, 2.05) is 0 Å². The van der Waals surface area contributed by atoms with Gasteiger partial charge < -0.3 is 16.8 Å². The number of amidine groups is 1. The van der Waals surface area contributed by atoms with E-state index < -0.39 is 34.8 Å². The van der Waals surface area contributed by atoms with Crippen molar-refractivity contribution in [3.05, 3.63) is 119 Å². The van der Waals surface area contributed by atoms with Crippen molar-refractivity contribution in [3.8, 4) is 5.69 Å². The number of carbonyl (C=O) groups excluding carboxylic acids is 1. The number of carbonyl (C=O) groups is 1. The number of anilines is 1. The molecule has 1 aliphatic carbocycles. The number of nitrogens with two attached hydrogens (primary N) is 2. The molecule has 2 heterocycles. The van der Waals surface area contributed by atoms with Crippen molar-refractivity contribution in [3.63, 3.8) is 0 Å². The molecule has 2 aromatic heterocycles. The number of nitrogens with one attached hydrogen (secondary N) is 1. The molecule has 12 heteroatoms. The Bertz CT molecular complexity index is 1730. The van der Waals surface area contributed by atoms with Crippen LogP contribution < -0.4 is 16.8 Å². The molecule has 44 heavy (non-hydrogen) atoms. The third-order valence-electron chi connectivity index (χ3n) is 7.77. The molecule has 0 saturated heterocycles.